The Morgan fingerprint density at radius 2 is 2.29 bits per heavy atom. The van der Waals surface area contributed by atoms with E-state index in [-0.39, 0.29) is 5.91 Å². The number of hydrogen-bond donors (Lipinski definition) is 0. The minimum atomic E-state index is 0.167. The Kier molecular flexibility index (Phi) is 3.50. The van der Waals surface area contributed by atoms with E-state index in [1.807, 2.05) is 11.8 Å². The van der Waals surface area contributed by atoms with Crippen molar-refractivity contribution < 1.29 is 4.79 Å². The second kappa shape index (κ2) is 4.45. The molecular weight excluding hydrogens is 174 g/mol. The molecule has 0 radical (unpaired) electrons. The van der Waals surface area contributed by atoms with Gasteiger partial charge in [0.2, 0.25) is 5.91 Å². The molecule has 0 spiro atoms. The highest BCUT2D eigenvalue weighted by Gasteiger charge is 2.23. The van der Waals surface area contributed by atoms with Gasteiger partial charge in [-0.05, 0) is 26.7 Å². The fraction of sp³-hybridized carbons (Fsp3) is 0.583. The van der Waals surface area contributed by atoms with Crippen molar-refractivity contribution >= 4 is 5.91 Å². The maximum absolute atomic E-state index is 11.4. The van der Waals surface area contributed by atoms with Gasteiger partial charge >= 0.3 is 0 Å². The summed E-state index contributed by atoms with van der Waals surface area (Å²) < 4.78 is 0. The molecule has 0 unspecified atom stereocenters. The molecule has 0 fully saturated rings. The van der Waals surface area contributed by atoms with Gasteiger partial charge in [-0.25, -0.2) is 0 Å². The predicted octanol–water partition coefficient (Wildman–Crippen LogP) is 2.52. The Bertz CT molecular complexity index is 278. The summed E-state index contributed by atoms with van der Waals surface area (Å²) in [5.41, 5.74) is 2.53. The third kappa shape index (κ3) is 2.72. The van der Waals surface area contributed by atoms with Crippen LogP contribution < -0.4 is 0 Å². The molecule has 0 bridgehead atoms. The van der Waals surface area contributed by atoms with Crippen molar-refractivity contribution in [2.75, 3.05) is 6.54 Å². The van der Waals surface area contributed by atoms with Gasteiger partial charge in [0.25, 0.3) is 0 Å². The highest BCUT2D eigenvalue weighted by molar-refractivity contribution is 5.74. The van der Waals surface area contributed by atoms with Crippen LogP contribution in [0.25, 0.3) is 0 Å². The van der Waals surface area contributed by atoms with Gasteiger partial charge in [-0.2, -0.15) is 0 Å². The summed E-state index contributed by atoms with van der Waals surface area (Å²) in [6, 6.07) is 0.329. The van der Waals surface area contributed by atoms with E-state index in [2.05, 4.69) is 19.6 Å². The number of carbonyl (C=O) groups is 1. The second-order valence-electron chi connectivity index (χ2n) is 4.24. The molecule has 0 aromatic heterocycles. The van der Waals surface area contributed by atoms with Crippen LogP contribution in [0.1, 0.15) is 33.6 Å². The molecular formula is C12H19NO. The summed E-state index contributed by atoms with van der Waals surface area (Å²) in [6.07, 6.45) is 4.05. The molecule has 14 heavy (non-hydrogen) atoms. The number of carbonyl (C=O) groups excluding carboxylic acids is 1. The van der Waals surface area contributed by atoms with Crippen molar-refractivity contribution in [1.82, 2.24) is 4.90 Å². The molecule has 1 aliphatic heterocycles. The summed E-state index contributed by atoms with van der Waals surface area (Å²) in [5, 5.41) is 0. The lowest BCUT2D eigenvalue weighted by molar-refractivity contribution is -0.130. The molecule has 1 heterocycles. The van der Waals surface area contributed by atoms with E-state index in [1.165, 1.54) is 5.57 Å². The highest BCUT2D eigenvalue weighted by Crippen LogP contribution is 2.22. The van der Waals surface area contributed by atoms with Gasteiger partial charge in [0.05, 0.1) is 0 Å². The maximum atomic E-state index is 11.4. The molecule has 1 aliphatic rings. The SMILES string of the molecule is C=C(C)C[C@@H]1CC(C)=CCN1C(C)=O. The molecule has 0 saturated heterocycles. The van der Waals surface area contributed by atoms with E-state index in [9.17, 15) is 4.79 Å². The van der Waals surface area contributed by atoms with E-state index in [1.54, 1.807) is 6.92 Å². The zero-order chi connectivity index (χ0) is 10.7. The molecule has 78 valence electrons. The van der Waals surface area contributed by atoms with Gasteiger partial charge in [0.1, 0.15) is 0 Å². The first-order chi connectivity index (χ1) is 6.50. The van der Waals surface area contributed by atoms with Gasteiger partial charge in [-0.15, -0.1) is 6.58 Å². The van der Waals surface area contributed by atoms with Crippen molar-refractivity contribution in [2.24, 2.45) is 0 Å². The molecule has 1 atom stereocenters. The third-order valence-electron chi connectivity index (χ3n) is 2.62. The first kappa shape index (κ1) is 11.0. The lowest BCUT2D eigenvalue weighted by Crippen LogP contribution is -2.41. The Morgan fingerprint density at radius 1 is 1.64 bits per heavy atom. The van der Waals surface area contributed by atoms with Gasteiger partial charge in [0, 0.05) is 19.5 Å². The normalized spacial score (nSPS) is 21.8. The second-order valence-corrected chi connectivity index (χ2v) is 4.24. The van der Waals surface area contributed by atoms with E-state index >= 15 is 0 Å². The first-order valence-electron chi connectivity index (χ1n) is 5.08. The smallest absolute Gasteiger partial charge is 0.219 e. The number of nitrogens with zero attached hydrogens (tertiary/aromatic N) is 1. The molecule has 2 heteroatoms. The lowest BCUT2D eigenvalue weighted by Gasteiger charge is -2.34. The fourth-order valence-electron chi connectivity index (χ4n) is 1.94. The topological polar surface area (TPSA) is 20.3 Å². The monoisotopic (exact) mass is 193 g/mol. The minimum Gasteiger partial charge on any atom is -0.336 e. The quantitative estimate of drug-likeness (QED) is 0.617. The summed E-state index contributed by atoms with van der Waals surface area (Å²) >= 11 is 0. The van der Waals surface area contributed by atoms with Crippen molar-refractivity contribution in [1.29, 1.82) is 0 Å². The standard InChI is InChI=1S/C12H19NO/c1-9(2)7-12-8-10(3)5-6-13(12)11(4)14/h5,12H,1,6-8H2,2-4H3/t12-/m1/s1. The minimum absolute atomic E-state index is 0.167. The third-order valence-corrected chi connectivity index (χ3v) is 2.62. The van der Waals surface area contributed by atoms with Crippen LogP contribution in [-0.2, 0) is 4.79 Å². The van der Waals surface area contributed by atoms with Crippen LogP contribution in [0, 0.1) is 0 Å². The van der Waals surface area contributed by atoms with Crippen LogP contribution in [0.4, 0.5) is 0 Å². The summed E-state index contributed by atoms with van der Waals surface area (Å²) in [6.45, 7) is 10.5. The molecule has 0 aromatic rings. The average molecular weight is 193 g/mol. The first-order valence-corrected chi connectivity index (χ1v) is 5.08. The Morgan fingerprint density at radius 3 is 2.79 bits per heavy atom. The van der Waals surface area contributed by atoms with E-state index in [4.69, 9.17) is 0 Å². The molecule has 1 amide bonds. The molecule has 0 aromatic carbocycles. The Hall–Kier alpha value is -1.05. The number of rotatable bonds is 2. The molecule has 0 N–H and O–H groups in total. The van der Waals surface area contributed by atoms with Crippen LogP contribution in [0.3, 0.4) is 0 Å². The zero-order valence-corrected chi connectivity index (χ0v) is 9.34. The maximum Gasteiger partial charge on any atom is 0.219 e. The lowest BCUT2D eigenvalue weighted by atomic mass is 9.96. The van der Waals surface area contributed by atoms with Crippen molar-refractivity contribution in [2.45, 2.75) is 39.7 Å². The Labute approximate surface area is 86.3 Å². The van der Waals surface area contributed by atoms with Crippen LogP contribution in [0.5, 0.6) is 0 Å². The number of hydrogen-bond acceptors (Lipinski definition) is 1. The summed E-state index contributed by atoms with van der Waals surface area (Å²) in [4.78, 5) is 13.3. The molecule has 0 aliphatic carbocycles. The highest BCUT2D eigenvalue weighted by atomic mass is 16.2. The van der Waals surface area contributed by atoms with Gasteiger partial charge in [-0.1, -0.05) is 17.2 Å². The summed E-state index contributed by atoms with van der Waals surface area (Å²) in [5.74, 6) is 0.167. The van der Waals surface area contributed by atoms with Gasteiger partial charge in [-0.3, -0.25) is 4.79 Å². The van der Waals surface area contributed by atoms with Gasteiger partial charge in [0.15, 0.2) is 0 Å². The zero-order valence-electron chi connectivity index (χ0n) is 9.34. The van der Waals surface area contributed by atoms with E-state index < -0.39 is 0 Å². The van der Waals surface area contributed by atoms with Crippen LogP contribution in [0.15, 0.2) is 23.8 Å². The van der Waals surface area contributed by atoms with Crippen LogP contribution in [0.2, 0.25) is 0 Å². The van der Waals surface area contributed by atoms with Crippen LogP contribution in [-0.4, -0.2) is 23.4 Å². The fourth-order valence-corrected chi connectivity index (χ4v) is 1.94. The van der Waals surface area contributed by atoms with Gasteiger partial charge < -0.3 is 4.90 Å². The summed E-state index contributed by atoms with van der Waals surface area (Å²) in [7, 11) is 0. The predicted molar refractivity (Wildman–Crippen MR) is 59.0 cm³/mol. The van der Waals surface area contributed by atoms with Crippen molar-refractivity contribution in [3.05, 3.63) is 23.8 Å². The van der Waals surface area contributed by atoms with Crippen molar-refractivity contribution in [3.8, 4) is 0 Å². The largest absolute Gasteiger partial charge is 0.336 e. The van der Waals surface area contributed by atoms with E-state index in [0.717, 1.165) is 25.0 Å². The van der Waals surface area contributed by atoms with Crippen LogP contribution >= 0.6 is 0 Å². The molecule has 2 nitrogen and oxygen atoms in total. The Balaban J connectivity index is 2.72. The average Bonchev–Trinajstić information content (AvgIpc) is 2.01. The molecule has 1 rings (SSSR count). The number of amides is 1. The van der Waals surface area contributed by atoms with E-state index in [0.29, 0.717) is 6.04 Å². The van der Waals surface area contributed by atoms with Crippen molar-refractivity contribution in [3.63, 3.8) is 0 Å². The molecule has 0 saturated carbocycles.